The monoisotopic (exact) mass is 437 g/mol. The lowest BCUT2D eigenvalue weighted by Gasteiger charge is -2.09. The summed E-state index contributed by atoms with van der Waals surface area (Å²) < 4.78 is 5.36. The molecule has 0 aliphatic carbocycles. The number of hydrogen-bond acceptors (Lipinski definition) is 5. The molecule has 0 unspecified atom stereocenters. The van der Waals surface area contributed by atoms with Crippen molar-refractivity contribution in [3.63, 3.8) is 0 Å². The first kappa shape index (κ1) is 22.0. The molecule has 31 heavy (non-hydrogen) atoms. The number of ether oxygens (including phenoxy) is 1. The summed E-state index contributed by atoms with van der Waals surface area (Å²) in [5, 5.41) is 9.99. The van der Waals surface area contributed by atoms with E-state index in [9.17, 15) is 14.4 Å². The fourth-order valence-corrected chi connectivity index (χ4v) is 3.36. The average Bonchev–Trinajstić information content (AvgIpc) is 3.33. The zero-order valence-corrected chi connectivity index (χ0v) is 17.8. The number of anilines is 1. The van der Waals surface area contributed by atoms with Crippen LogP contribution in [0.15, 0.2) is 66.0 Å². The minimum atomic E-state index is -0.351. The van der Waals surface area contributed by atoms with E-state index in [-0.39, 0.29) is 24.3 Å². The smallest absolute Gasteiger partial charge is 0.261 e. The Hall–Kier alpha value is -3.65. The number of thiophene rings is 1. The van der Waals surface area contributed by atoms with E-state index in [1.165, 1.54) is 11.3 Å². The molecular weight excluding hydrogens is 414 g/mol. The fourth-order valence-electron chi connectivity index (χ4n) is 2.72. The molecule has 0 bridgehead atoms. The van der Waals surface area contributed by atoms with Gasteiger partial charge in [-0.1, -0.05) is 18.2 Å². The minimum Gasteiger partial charge on any atom is -0.494 e. The Morgan fingerprint density at radius 2 is 1.65 bits per heavy atom. The van der Waals surface area contributed by atoms with Crippen LogP contribution in [0.3, 0.4) is 0 Å². The van der Waals surface area contributed by atoms with Gasteiger partial charge in [0.25, 0.3) is 11.8 Å². The van der Waals surface area contributed by atoms with Crippen molar-refractivity contribution >= 4 is 34.7 Å². The van der Waals surface area contributed by atoms with E-state index in [1.54, 1.807) is 54.6 Å². The second-order valence-corrected chi connectivity index (χ2v) is 7.49. The largest absolute Gasteiger partial charge is 0.494 e. The van der Waals surface area contributed by atoms with Gasteiger partial charge in [0.15, 0.2) is 0 Å². The average molecular weight is 438 g/mol. The highest BCUT2D eigenvalue weighted by Gasteiger charge is 2.10. The number of carbonyl (C=O) groups is 3. The first-order valence-electron chi connectivity index (χ1n) is 9.76. The van der Waals surface area contributed by atoms with Gasteiger partial charge in [0.05, 0.1) is 18.0 Å². The van der Waals surface area contributed by atoms with Crippen LogP contribution >= 0.6 is 11.3 Å². The predicted molar refractivity (Wildman–Crippen MR) is 121 cm³/mol. The third kappa shape index (κ3) is 6.68. The topological polar surface area (TPSA) is 96.5 Å². The molecule has 0 saturated carbocycles. The zero-order valence-electron chi connectivity index (χ0n) is 17.0. The van der Waals surface area contributed by atoms with Crippen LogP contribution in [-0.4, -0.2) is 30.9 Å². The Labute approximate surface area is 184 Å². The first-order valence-corrected chi connectivity index (χ1v) is 10.6. The number of amides is 3. The highest BCUT2D eigenvalue weighted by atomic mass is 32.1. The van der Waals surface area contributed by atoms with Gasteiger partial charge in [0, 0.05) is 17.8 Å². The maximum absolute atomic E-state index is 12.3. The van der Waals surface area contributed by atoms with Crippen molar-refractivity contribution in [2.45, 2.75) is 13.5 Å². The molecule has 1 heterocycles. The highest BCUT2D eigenvalue weighted by molar-refractivity contribution is 7.12. The molecule has 1 aromatic heterocycles. The molecule has 0 radical (unpaired) electrons. The van der Waals surface area contributed by atoms with Gasteiger partial charge in [0.1, 0.15) is 5.75 Å². The standard InChI is InChI=1S/C23H23N3O4S/c1-2-30-19-11-9-18(10-12-19)26-21(27)15-25-22(28)17-7-5-16(6-8-17)14-24-23(29)20-4-3-13-31-20/h3-13H,2,14-15H2,1H3,(H,24,29)(H,25,28)(H,26,27). The Kier molecular flexibility index (Phi) is 7.78. The zero-order chi connectivity index (χ0) is 22.1. The molecule has 0 fully saturated rings. The van der Waals surface area contributed by atoms with E-state index in [0.717, 1.165) is 11.3 Å². The van der Waals surface area contributed by atoms with Gasteiger partial charge in [-0.25, -0.2) is 0 Å². The van der Waals surface area contributed by atoms with Gasteiger partial charge < -0.3 is 20.7 Å². The Bertz CT molecular complexity index is 1020. The van der Waals surface area contributed by atoms with E-state index in [0.29, 0.717) is 29.3 Å². The van der Waals surface area contributed by atoms with Crippen LogP contribution in [0.1, 0.15) is 32.5 Å². The number of carbonyl (C=O) groups excluding carboxylic acids is 3. The maximum atomic E-state index is 12.3. The molecular formula is C23H23N3O4S. The van der Waals surface area contributed by atoms with Crippen LogP contribution in [-0.2, 0) is 11.3 Å². The Balaban J connectivity index is 1.43. The van der Waals surface area contributed by atoms with Gasteiger partial charge in [-0.05, 0) is 60.3 Å². The number of benzene rings is 2. The van der Waals surface area contributed by atoms with Crippen molar-refractivity contribution in [1.29, 1.82) is 0 Å². The molecule has 3 amide bonds. The van der Waals surface area contributed by atoms with E-state index in [1.807, 2.05) is 18.4 Å². The lowest BCUT2D eigenvalue weighted by Crippen LogP contribution is -2.32. The van der Waals surface area contributed by atoms with E-state index in [4.69, 9.17) is 4.74 Å². The lowest BCUT2D eigenvalue weighted by atomic mass is 10.1. The van der Waals surface area contributed by atoms with Crippen LogP contribution in [0.25, 0.3) is 0 Å². The van der Waals surface area contributed by atoms with Crippen molar-refractivity contribution in [3.8, 4) is 5.75 Å². The van der Waals surface area contributed by atoms with Gasteiger partial charge in [0.2, 0.25) is 5.91 Å². The maximum Gasteiger partial charge on any atom is 0.261 e. The lowest BCUT2D eigenvalue weighted by molar-refractivity contribution is -0.115. The van der Waals surface area contributed by atoms with E-state index < -0.39 is 0 Å². The summed E-state index contributed by atoms with van der Waals surface area (Å²) in [6.07, 6.45) is 0. The summed E-state index contributed by atoms with van der Waals surface area (Å²) in [6, 6.07) is 17.4. The molecule has 3 rings (SSSR count). The van der Waals surface area contributed by atoms with Crippen LogP contribution in [0.5, 0.6) is 5.75 Å². The van der Waals surface area contributed by atoms with Crippen LogP contribution in [0.4, 0.5) is 5.69 Å². The summed E-state index contributed by atoms with van der Waals surface area (Å²) in [5.41, 5.74) is 1.92. The fraction of sp³-hybridized carbons (Fsp3) is 0.174. The van der Waals surface area contributed by atoms with Crippen molar-refractivity contribution in [1.82, 2.24) is 10.6 Å². The van der Waals surface area contributed by atoms with E-state index >= 15 is 0 Å². The molecule has 0 saturated heterocycles. The van der Waals surface area contributed by atoms with Crippen molar-refractivity contribution in [2.24, 2.45) is 0 Å². The number of hydrogen-bond donors (Lipinski definition) is 3. The molecule has 3 aromatic rings. The van der Waals surface area contributed by atoms with Crippen LogP contribution in [0.2, 0.25) is 0 Å². The van der Waals surface area contributed by atoms with E-state index in [2.05, 4.69) is 16.0 Å². The third-order valence-corrected chi connectivity index (χ3v) is 5.14. The Morgan fingerprint density at radius 1 is 0.903 bits per heavy atom. The summed E-state index contributed by atoms with van der Waals surface area (Å²) in [6.45, 7) is 2.69. The molecule has 0 aliphatic rings. The van der Waals surface area contributed by atoms with Crippen LogP contribution in [0, 0.1) is 0 Å². The number of rotatable bonds is 9. The molecule has 0 atom stereocenters. The minimum absolute atomic E-state index is 0.129. The van der Waals surface area contributed by atoms with Crippen molar-refractivity contribution in [2.75, 3.05) is 18.5 Å². The molecule has 0 aliphatic heterocycles. The Morgan fingerprint density at radius 3 is 2.29 bits per heavy atom. The highest BCUT2D eigenvalue weighted by Crippen LogP contribution is 2.15. The van der Waals surface area contributed by atoms with Crippen molar-refractivity contribution in [3.05, 3.63) is 82.0 Å². The first-order chi connectivity index (χ1) is 15.0. The summed E-state index contributed by atoms with van der Waals surface area (Å²) in [4.78, 5) is 37.0. The molecule has 160 valence electrons. The molecule has 8 heteroatoms. The van der Waals surface area contributed by atoms with Gasteiger partial charge in [-0.2, -0.15) is 0 Å². The third-order valence-electron chi connectivity index (χ3n) is 4.27. The molecule has 7 nitrogen and oxygen atoms in total. The molecule has 0 spiro atoms. The molecule has 3 N–H and O–H groups in total. The predicted octanol–water partition coefficient (Wildman–Crippen LogP) is 3.45. The van der Waals surface area contributed by atoms with Crippen LogP contribution < -0.4 is 20.7 Å². The summed E-state index contributed by atoms with van der Waals surface area (Å²) >= 11 is 1.38. The second kappa shape index (κ2) is 10.9. The number of nitrogens with one attached hydrogen (secondary N) is 3. The molecule has 2 aromatic carbocycles. The SMILES string of the molecule is CCOc1ccc(NC(=O)CNC(=O)c2ccc(CNC(=O)c3cccs3)cc2)cc1. The second-order valence-electron chi connectivity index (χ2n) is 6.55. The van der Waals surface area contributed by atoms with Gasteiger partial charge in [-0.15, -0.1) is 11.3 Å². The van der Waals surface area contributed by atoms with Crippen molar-refractivity contribution < 1.29 is 19.1 Å². The summed E-state index contributed by atoms with van der Waals surface area (Å²) in [5.74, 6) is -0.0832. The van der Waals surface area contributed by atoms with Gasteiger partial charge in [-0.3, -0.25) is 14.4 Å². The quantitative estimate of drug-likeness (QED) is 0.478. The van der Waals surface area contributed by atoms with Gasteiger partial charge >= 0.3 is 0 Å². The normalized spacial score (nSPS) is 10.2. The summed E-state index contributed by atoms with van der Waals surface area (Å²) in [7, 11) is 0.